The van der Waals surface area contributed by atoms with Crippen LogP contribution in [0.3, 0.4) is 0 Å². The van der Waals surface area contributed by atoms with E-state index in [9.17, 15) is 4.39 Å². The molecule has 1 atom stereocenters. The fourth-order valence-electron chi connectivity index (χ4n) is 2.02. The van der Waals surface area contributed by atoms with Gasteiger partial charge in [-0.05, 0) is 60.1 Å². The number of rotatable bonds is 5. The Kier molecular flexibility index (Phi) is 5.61. The molecule has 2 rings (SSSR count). The lowest BCUT2D eigenvalue weighted by molar-refractivity contribution is 0.550. The van der Waals surface area contributed by atoms with Crippen LogP contribution in [0.4, 0.5) is 4.39 Å². The molecule has 0 bridgehead atoms. The minimum absolute atomic E-state index is 0.153. The van der Waals surface area contributed by atoms with Gasteiger partial charge in [0, 0.05) is 19.8 Å². The van der Waals surface area contributed by atoms with E-state index in [-0.39, 0.29) is 11.9 Å². The fourth-order valence-corrected chi connectivity index (χ4v) is 3.48. The summed E-state index contributed by atoms with van der Waals surface area (Å²) in [6.07, 6.45) is 0.993. The monoisotopic (exact) mass is 375 g/mol. The molecular weight excluding hydrogens is 361 g/mol. The van der Waals surface area contributed by atoms with Crippen LogP contribution in [0.15, 0.2) is 28.7 Å². The first-order valence-electron chi connectivity index (χ1n) is 6.47. The highest BCUT2D eigenvalue weighted by atomic mass is 79.9. The standard InChI is InChI=1S/C15H16BrClFNS/c1-3-6-19-15(14-5-4-9(2)20-14)10-7-12(17)11(16)8-13(10)18/h4-5,7-8,15,19H,3,6H2,1-2H3. The Bertz CT molecular complexity index is 600. The van der Waals surface area contributed by atoms with Gasteiger partial charge in [0.2, 0.25) is 0 Å². The molecule has 0 aliphatic carbocycles. The molecule has 1 aromatic heterocycles. The molecular formula is C15H16BrClFNS. The van der Waals surface area contributed by atoms with E-state index in [0.29, 0.717) is 15.1 Å². The first kappa shape index (κ1) is 16.0. The SMILES string of the molecule is CCCNC(c1ccc(C)s1)c1cc(Cl)c(Br)cc1F. The van der Waals surface area contributed by atoms with Gasteiger partial charge in [0.05, 0.1) is 11.1 Å². The third-order valence-corrected chi connectivity index (χ3v) is 5.26. The summed E-state index contributed by atoms with van der Waals surface area (Å²) >= 11 is 11.0. The fraction of sp³-hybridized carbons (Fsp3) is 0.333. The first-order chi connectivity index (χ1) is 9.52. The molecule has 108 valence electrons. The predicted octanol–water partition coefficient (Wildman–Crippen LogP) is 5.70. The van der Waals surface area contributed by atoms with E-state index in [4.69, 9.17) is 11.6 Å². The van der Waals surface area contributed by atoms with Gasteiger partial charge in [-0.3, -0.25) is 0 Å². The lowest BCUT2D eigenvalue weighted by Crippen LogP contribution is -2.23. The zero-order chi connectivity index (χ0) is 14.7. The third-order valence-electron chi connectivity index (χ3n) is 2.99. The van der Waals surface area contributed by atoms with Crippen LogP contribution in [0.5, 0.6) is 0 Å². The second kappa shape index (κ2) is 7.03. The molecule has 0 amide bonds. The lowest BCUT2D eigenvalue weighted by Gasteiger charge is -2.19. The maximum Gasteiger partial charge on any atom is 0.129 e. The molecule has 0 radical (unpaired) electrons. The average Bonchev–Trinajstić information content (AvgIpc) is 2.82. The van der Waals surface area contributed by atoms with Gasteiger partial charge < -0.3 is 5.32 Å². The van der Waals surface area contributed by atoms with E-state index in [1.54, 1.807) is 17.4 Å². The first-order valence-corrected chi connectivity index (χ1v) is 8.45. The van der Waals surface area contributed by atoms with Crippen molar-refractivity contribution in [3.63, 3.8) is 0 Å². The van der Waals surface area contributed by atoms with E-state index in [1.165, 1.54) is 10.9 Å². The molecule has 0 aliphatic heterocycles. The maximum atomic E-state index is 14.3. The molecule has 0 saturated heterocycles. The maximum absolute atomic E-state index is 14.3. The molecule has 20 heavy (non-hydrogen) atoms. The summed E-state index contributed by atoms with van der Waals surface area (Å²) in [5, 5.41) is 3.93. The molecule has 1 heterocycles. The summed E-state index contributed by atoms with van der Waals surface area (Å²) < 4.78 is 14.9. The van der Waals surface area contributed by atoms with Crippen LogP contribution in [0.2, 0.25) is 5.02 Å². The molecule has 1 N–H and O–H groups in total. The number of aryl methyl sites for hydroxylation is 1. The minimum atomic E-state index is -0.249. The zero-order valence-electron chi connectivity index (χ0n) is 11.3. The van der Waals surface area contributed by atoms with E-state index in [0.717, 1.165) is 17.8 Å². The van der Waals surface area contributed by atoms with Crippen LogP contribution < -0.4 is 5.32 Å². The summed E-state index contributed by atoms with van der Waals surface area (Å²) in [7, 11) is 0. The highest BCUT2D eigenvalue weighted by molar-refractivity contribution is 9.10. The van der Waals surface area contributed by atoms with Gasteiger partial charge in [-0.25, -0.2) is 4.39 Å². The number of hydrogen-bond donors (Lipinski definition) is 1. The van der Waals surface area contributed by atoms with Crippen molar-refractivity contribution in [1.29, 1.82) is 0 Å². The molecule has 0 aliphatic rings. The van der Waals surface area contributed by atoms with Crippen LogP contribution in [-0.4, -0.2) is 6.54 Å². The number of thiophene rings is 1. The summed E-state index contributed by atoms with van der Waals surface area (Å²) in [6.45, 7) is 4.97. The van der Waals surface area contributed by atoms with E-state index in [1.807, 2.05) is 6.07 Å². The van der Waals surface area contributed by atoms with Crippen molar-refractivity contribution in [3.8, 4) is 0 Å². The molecule has 1 nitrogen and oxygen atoms in total. The van der Waals surface area contributed by atoms with Crippen LogP contribution in [0.25, 0.3) is 0 Å². The van der Waals surface area contributed by atoms with Crippen molar-refractivity contribution in [2.24, 2.45) is 0 Å². The Hall–Kier alpha value is -0.420. The molecule has 0 fully saturated rings. The highest BCUT2D eigenvalue weighted by Gasteiger charge is 2.20. The van der Waals surface area contributed by atoms with Gasteiger partial charge in [0.1, 0.15) is 5.82 Å². The summed E-state index contributed by atoms with van der Waals surface area (Å²) in [4.78, 5) is 2.32. The van der Waals surface area contributed by atoms with E-state index < -0.39 is 0 Å². The van der Waals surface area contributed by atoms with Gasteiger partial charge in [-0.1, -0.05) is 18.5 Å². The van der Waals surface area contributed by atoms with Crippen molar-refractivity contribution < 1.29 is 4.39 Å². The molecule has 0 spiro atoms. The van der Waals surface area contributed by atoms with Crippen LogP contribution in [-0.2, 0) is 0 Å². The van der Waals surface area contributed by atoms with Gasteiger partial charge in [-0.15, -0.1) is 11.3 Å². The van der Waals surface area contributed by atoms with E-state index >= 15 is 0 Å². The Morgan fingerprint density at radius 3 is 2.75 bits per heavy atom. The minimum Gasteiger partial charge on any atom is -0.306 e. The molecule has 1 unspecified atom stereocenters. The summed E-state index contributed by atoms with van der Waals surface area (Å²) in [6, 6.07) is 7.07. The molecule has 1 aromatic carbocycles. The topological polar surface area (TPSA) is 12.0 Å². The van der Waals surface area contributed by atoms with Crippen molar-refractivity contribution in [3.05, 3.63) is 54.9 Å². The Balaban J connectivity index is 2.43. The number of benzene rings is 1. The van der Waals surface area contributed by atoms with Crippen molar-refractivity contribution in [1.82, 2.24) is 5.32 Å². The highest BCUT2D eigenvalue weighted by Crippen LogP contribution is 2.34. The lowest BCUT2D eigenvalue weighted by atomic mass is 10.0. The predicted molar refractivity (Wildman–Crippen MR) is 88.3 cm³/mol. The second-order valence-corrected chi connectivity index (χ2v) is 7.20. The van der Waals surface area contributed by atoms with Crippen LogP contribution >= 0.6 is 38.9 Å². The summed E-state index contributed by atoms with van der Waals surface area (Å²) in [5.41, 5.74) is 0.591. The second-order valence-electron chi connectivity index (χ2n) is 4.62. The molecule has 5 heteroatoms. The molecule has 2 aromatic rings. The Morgan fingerprint density at radius 1 is 1.40 bits per heavy atom. The van der Waals surface area contributed by atoms with Crippen molar-refractivity contribution in [2.75, 3.05) is 6.54 Å². The third kappa shape index (κ3) is 3.61. The smallest absolute Gasteiger partial charge is 0.129 e. The normalized spacial score (nSPS) is 12.7. The Labute approximate surface area is 136 Å². The average molecular weight is 377 g/mol. The zero-order valence-corrected chi connectivity index (χ0v) is 14.5. The van der Waals surface area contributed by atoms with Gasteiger partial charge >= 0.3 is 0 Å². The van der Waals surface area contributed by atoms with Gasteiger partial charge in [-0.2, -0.15) is 0 Å². The van der Waals surface area contributed by atoms with Gasteiger partial charge in [0.25, 0.3) is 0 Å². The molecule has 0 saturated carbocycles. The van der Waals surface area contributed by atoms with Crippen LogP contribution in [0.1, 0.15) is 34.7 Å². The van der Waals surface area contributed by atoms with Crippen molar-refractivity contribution in [2.45, 2.75) is 26.3 Å². The number of hydrogen-bond acceptors (Lipinski definition) is 2. The van der Waals surface area contributed by atoms with Crippen LogP contribution in [0, 0.1) is 12.7 Å². The van der Waals surface area contributed by atoms with Gasteiger partial charge in [0.15, 0.2) is 0 Å². The number of halogens is 3. The largest absolute Gasteiger partial charge is 0.306 e. The summed E-state index contributed by atoms with van der Waals surface area (Å²) in [5.74, 6) is -0.249. The van der Waals surface area contributed by atoms with E-state index in [2.05, 4.69) is 41.2 Å². The van der Waals surface area contributed by atoms with Crippen molar-refractivity contribution >= 4 is 38.9 Å². The number of nitrogens with one attached hydrogen (secondary N) is 1. The quantitative estimate of drug-likeness (QED) is 0.660. The Morgan fingerprint density at radius 2 is 2.15 bits per heavy atom.